The number of likely N-dealkylation sites (N-methyl/N-ethyl adjacent to an activating group) is 1. The number of aromatic nitrogens is 1. The lowest BCUT2D eigenvalue weighted by Crippen LogP contribution is -2.40. The van der Waals surface area contributed by atoms with Crippen LogP contribution in [0.25, 0.3) is 10.9 Å². The van der Waals surface area contributed by atoms with Gasteiger partial charge in [0, 0.05) is 23.6 Å². The van der Waals surface area contributed by atoms with Crippen molar-refractivity contribution in [3.05, 3.63) is 28.0 Å². The molecule has 2 atom stereocenters. The van der Waals surface area contributed by atoms with Gasteiger partial charge in [-0.05, 0) is 13.1 Å². The van der Waals surface area contributed by atoms with Crippen LogP contribution in [0.2, 0.25) is 0 Å². The highest BCUT2D eigenvalue weighted by Crippen LogP contribution is 2.42. The Balaban J connectivity index is 2.04. The Labute approximate surface area is 151 Å². The Kier molecular flexibility index (Phi) is 5.36. The van der Waals surface area contributed by atoms with E-state index < -0.39 is 6.10 Å². The van der Waals surface area contributed by atoms with Gasteiger partial charge in [-0.3, -0.25) is 9.69 Å². The van der Waals surface area contributed by atoms with Gasteiger partial charge in [-0.1, -0.05) is 0 Å². The van der Waals surface area contributed by atoms with E-state index in [1.165, 1.54) is 14.2 Å². The molecule has 0 aliphatic carbocycles. The first kappa shape index (κ1) is 18.5. The van der Waals surface area contributed by atoms with Crippen molar-refractivity contribution in [3.8, 4) is 17.2 Å². The van der Waals surface area contributed by atoms with Crippen molar-refractivity contribution in [1.82, 2.24) is 9.88 Å². The van der Waals surface area contributed by atoms with Gasteiger partial charge in [0.2, 0.25) is 5.75 Å². The molecule has 1 fully saturated rings. The second-order valence-electron chi connectivity index (χ2n) is 6.32. The van der Waals surface area contributed by atoms with Crippen LogP contribution in [0.15, 0.2) is 16.9 Å². The van der Waals surface area contributed by atoms with Gasteiger partial charge in [-0.15, -0.1) is 0 Å². The summed E-state index contributed by atoms with van der Waals surface area (Å²) in [7, 11) is 6.46. The number of methoxy groups -OCH3 is 3. The van der Waals surface area contributed by atoms with Crippen molar-refractivity contribution < 1.29 is 24.1 Å². The molecular formula is C18H24N2O6. The molecular weight excluding hydrogens is 340 g/mol. The molecule has 1 aliphatic rings. The zero-order chi connectivity index (χ0) is 18.8. The molecule has 1 aromatic heterocycles. The first-order valence-corrected chi connectivity index (χ1v) is 8.31. The molecule has 0 radical (unpaired) electrons. The lowest BCUT2D eigenvalue weighted by Gasteiger charge is -2.25. The van der Waals surface area contributed by atoms with Crippen molar-refractivity contribution >= 4 is 10.9 Å². The van der Waals surface area contributed by atoms with Gasteiger partial charge in [0.05, 0.1) is 52.2 Å². The number of ether oxygens (including phenoxy) is 4. The number of nitrogens with zero attached hydrogens (tertiary/aromatic N) is 1. The molecule has 8 nitrogen and oxygen atoms in total. The maximum Gasteiger partial charge on any atom is 0.252 e. The fourth-order valence-electron chi connectivity index (χ4n) is 3.32. The van der Waals surface area contributed by atoms with Crippen LogP contribution in [0.1, 0.15) is 5.56 Å². The van der Waals surface area contributed by atoms with E-state index in [9.17, 15) is 9.90 Å². The molecule has 142 valence electrons. The third-order valence-electron chi connectivity index (χ3n) is 4.73. The largest absolute Gasteiger partial charge is 0.493 e. The Morgan fingerprint density at radius 1 is 1.19 bits per heavy atom. The fraction of sp³-hybridized carbons (Fsp3) is 0.500. The summed E-state index contributed by atoms with van der Waals surface area (Å²) in [4.78, 5) is 17.3. The first-order valence-electron chi connectivity index (χ1n) is 8.31. The lowest BCUT2D eigenvalue weighted by atomic mass is 10.1. The summed E-state index contributed by atoms with van der Waals surface area (Å²) in [6.45, 7) is 1.12. The van der Waals surface area contributed by atoms with Crippen LogP contribution in [0.3, 0.4) is 0 Å². The van der Waals surface area contributed by atoms with Crippen LogP contribution in [-0.2, 0) is 11.3 Å². The number of fused-ring (bicyclic) bond motifs is 1. The molecule has 26 heavy (non-hydrogen) atoms. The quantitative estimate of drug-likeness (QED) is 0.781. The first-order chi connectivity index (χ1) is 12.5. The Morgan fingerprint density at radius 3 is 2.50 bits per heavy atom. The van der Waals surface area contributed by atoms with Gasteiger partial charge < -0.3 is 29.0 Å². The Morgan fingerprint density at radius 2 is 1.92 bits per heavy atom. The van der Waals surface area contributed by atoms with E-state index in [0.29, 0.717) is 48.1 Å². The number of hydrogen-bond donors (Lipinski definition) is 2. The summed E-state index contributed by atoms with van der Waals surface area (Å²) in [6, 6.07) is 3.35. The third kappa shape index (κ3) is 3.23. The zero-order valence-electron chi connectivity index (χ0n) is 15.4. The molecule has 0 saturated carbocycles. The number of hydrogen-bond acceptors (Lipinski definition) is 7. The minimum Gasteiger partial charge on any atom is -0.493 e. The smallest absolute Gasteiger partial charge is 0.252 e. The summed E-state index contributed by atoms with van der Waals surface area (Å²) in [6.07, 6.45) is -0.557. The number of aliphatic hydroxyl groups is 1. The normalized spacial score (nSPS) is 19.9. The van der Waals surface area contributed by atoms with E-state index in [2.05, 4.69) is 4.98 Å². The molecule has 0 spiro atoms. The predicted octanol–water partition coefficient (Wildman–Crippen LogP) is 0.745. The number of benzene rings is 1. The number of pyridine rings is 1. The molecule has 0 unspecified atom stereocenters. The summed E-state index contributed by atoms with van der Waals surface area (Å²) >= 11 is 0. The predicted molar refractivity (Wildman–Crippen MR) is 96.3 cm³/mol. The molecule has 2 aromatic rings. The lowest BCUT2D eigenvalue weighted by molar-refractivity contribution is 0.0923. The van der Waals surface area contributed by atoms with Crippen LogP contribution in [0, 0.1) is 0 Å². The highest BCUT2D eigenvalue weighted by Gasteiger charge is 2.30. The van der Waals surface area contributed by atoms with Crippen molar-refractivity contribution in [2.75, 3.05) is 41.6 Å². The Hall–Kier alpha value is -2.29. The van der Waals surface area contributed by atoms with Crippen LogP contribution in [-0.4, -0.2) is 68.7 Å². The maximum atomic E-state index is 12.5. The summed E-state index contributed by atoms with van der Waals surface area (Å²) < 4.78 is 21.5. The summed E-state index contributed by atoms with van der Waals surface area (Å²) in [5, 5.41) is 10.7. The van der Waals surface area contributed by atoms with E-state index in [-0.39, 0.29) is 11.6 Å². The average Bonchev–Trinajstić information content (AvgIpc) is 3.06. The number of H-pyrrole nitrogens is 1. The molecule has 0 amide bonds. The van der Waals surface area contributed by atoms with E-state index in [4.69, 9.17) is 18.9 Å². The molecule has 0 bridgehead atoms. The van der Waals surface area contributed by atoms with Gasteiger partial charge in [-0.25, -0.2) is 0 Å². The Bertz CT molecular complexity index is 850. The van der Waals surface area contributed by atoms with E-state index in [1.54, 1.807) is 19.2 Å². The molecule has 2 N–H and O–H groups in total. The van der Waals surface area contributed by atoms with Gasteiger partial charge in [-0.2, -0.15) is 0 Å². The van der Waals surface area contributed by atoms with Crippen molar-refractivity contribution in [2.24, 2.45) is 0 Å². The number of aromatic amines is 1. The third-order valence-corrected chi connectivity index (χ3v) is 4.73. The minimum atomic E-state index is -0.557. The summed E-state index contributed by atoms with van der Waals surface area (Å²) in [5.74, 6) is 1.43. The molecule has 1 saturated heterocycles. The molecule has 1 aliphatic heterocycles. The topological polar surface area (TPSA) is 93.3 Å². The molecule has 3 rings (SSSR count). The van der Waals surface area contributed by atoms with Crippen LogP contribution in [0.5, 0.6) is 17.2 Å². The van der Waals surface area contributed by atoms with E-state index in [1.807, 2.05) is 11.9 Å². The van der Waals surface area contributed by atoms with E-state index in [0.717, 1.165) is 5.39 Å². The van der Waals surface area contributed by atoms with Gasteiger partial charge >= 0.3 is 0 Å². The fourth-order valence-corrected chi connectivity index (χ4v) is 3.32. The van der Waals surface area contributed by atoms with Crippen LogP contribution < -0.4 is 19.8 Å². The van der Waals surface area contributed by atoms with Gasteiger partial charge in [0.25, 0.3) is 5.56 Å². The minimum absolute atomic E-state index is 0.141. The molecule has 1 aromatic carbocycles. The standard InChI is InChI=1S/C18H24N2O6/c1-20(13-8-26-9-14(13)21)7-10-5-11-12(19-18(10)22)6-15(23-2)17(25-4)16(11)24-3/h5-6,13-14,21H,7-9H2,1-4H3,(H,19,22)/t13-,14-/m0/s1. The number of aliphatic hydroxyl groups excluding tert-OH is 1. The molecule has 8 heteroatoms. The van der Waals surface area contributed by atoms with Crippen molar-refractivity contribution in [3.63, 3.8) is 0 Å². The highest BCUT2D eigenvalue weighted by molar-refractivity contribution is 5.90. The van der Waals surface area contributed by atoms with Gasteiger partial charge in [0.1, 0.15) is 0 Å². The van der Waals surface area contributed by atoms with E-state index >= 15 is 0 Å². The zero-order valence-corrected chi connectivity index (χ0v) is 15.4. The maximum absolute atomic E-state index is 12.5. The average molecular weight is 364 g/mol. The summed E-state index contributed by atoms with van der Waals surface area (Å²) in [5.41, 5.74) is 0.955. The number of rotatable bonds is 6. The van der Waals surface area contributed by atoms with Crippen LogP contribution in [0.4, 0.5) is 0 Å². The molecule has 2 heterocycles. The van der Waals surface area contributed by atoms with Crippen molar-refractivity contribution in [1.29, 1.82) is 0 Å². The highest BCUT2D eigenvalue weighted by atomic mass is 16.5. The number of nitrogens with one attached hydrogen (secondary N) is 1. The van der Waals surface area contributed by atoms with Crippen LogP contribution >= 0.6 is 0 Å². The SMILES string of the molecule is COc1cc2[nH]c(=O)c(CN(C)[C@H]3COC[C@@H]3O)cc2c(OC)c1OC. The van der Waals surface area contributed by atoms with Gasteiger partial charge in [0.15, 0.2) is 11.5 Å². The second-order valence-corrected chi connectivity index (χ2v) is 6.32. The van der Waals surface area contributed by atoms with Crippen molar-refractivity contribution in [2.45, 2.75) is 18.7 Å². The monoisotopic (exact) mass is 364 g/mol. The second kappa shape index (κ2) is 7.53.